The molecule has 1 aromatic heterocycles. The molecule has 1 saturated carbocycles. The van der Waals surface area contributed by atoms with E-state index in [2.05, 4.69) is 10.3 Å². The molecule has 1 saturated heterocycles. The smallest absolute Gasteiger partial charge is 0.317 e. The first kappa shape index (κ1) is 17.2. The van der Waals surface area contributed by atoms with Gasteiger partial charge in [-0.1, -0.05) is 12.8 Å². The first-order valence-corrected chi connectivity index (χ1v) is 9.37. The Morgan fingerprint density at radius 1 is 1.21 bits per heavy atom. The van der Waals surface area contributed by atoms with Crippen LogP contribution in [0, 0.1) is 5.92 Å². The van der Waals surface area contributed by atoms with Crippen molar-refractivity contribution in [1.82, 2.24) is 15.2 Å². The molecule has 2 fully saturated rings. The fourth-order valence-corrected chi connectivity index (χ4v) is 3.29. The second-order valence-electron chi connectivity index (χ2n) is 6.94. The van der Waals surface area contributed by atoms with Crippen LogP contribution in [0.3, 0.4) is 0 Å². The van der Waals surface area contributed by atoms with Gasteiger partial charge in [0.1, 0.15) is 0 Å². The second-order valence-corrected chi connectivity index (χ2v) is 6.94. The largest absolute Gasteiger partial charge is 0.381 e. The topological polar surface area (TPSA) is 54.5 Å². The Morgan fingerprint density at radius 2 is 2.04 bits per heavy atom. The molecule has 132 valence electrons. The minimum Gasteiger partial charge on any atom is -0.381 e. The molecule has 1 atom stereocenters. The van der Waals surface area contributed by atoms with Crippen LogP contribution in [0.5, 0.6) is 0 Å². The van der Waals surface area contributed by atoms with Gasteiger partial charge in [0.05, 0.1) is 6.04 Å². The first-order chi connectivity index (χ1) is 11.8. The summed E-state index contributed by atoms with van der Waals surface area (Å²) in [6, 6.07) is 4.28. The van der Waals surface area contributed by atoms with Crippen molar-refractivity contribution in [2.45, 2.75) is 51.0 Å². The summed E-state index contributed by atoms with van der Waals surface area (Å²) >= 11 is 0. The van der Waals surface area contributed by atoms with Crippen molar-refractivity contribution in [2.24, 2.45) is 5.92 Å². The number of carbonyl (C=O) groups excluding carboxylic acids is 1. The van der Waals surface area contributed by atoms with E-state index in [0.29, 0.717) is 6.54 Å². The van der Waals surface area contributed by atoms with Crippen LogP contribution in [0.2, 0.25) is 0 Å². The monoisotopic (exact) mass is 331 g/mol. The fraction of sp³-hybridized carbons (Fsp3) is 0.684. The Hall–Kier alpha value is -1.62. The highest BCUT2D eigenvalue weighted by Crippen LogP contribution is 2.30. The van der Waals surface area contributed by atoms with Crippen LogP contribution >= 0.6 is 0 Å². The number of nitrogens with one attached hydrogen (secondary N) is 1. The van der Waals surface area contributed by atoms with Crippen LogP contribution in [0.1, 0.15) is 56.6 Å². The van der Waals surface area contributed by atoms with Crippen LogP contribution in [0.4, 0.5) is 4.79 Å². The van der Waals surface area contributed by atoms with Gasteiger partial charge in [0.15, 0.2) is 0 Å². The average molecular weight is 331 g/mol. The molecule has 0 spiro atoms. The van der Waals surface area contributed by atoms with E-state index in [-0.39, 0.29) is 12.1 Å². The maximum atomic E-state index is 12.6. The highest BCUT2D eigenvalue weighted by molar-refractivity contribution is 5.74. The summed E-state index contributed by atoms with van der Waals surface area (Å²) in [6.07, 6.45) is 11.6. The predicted octanol–water partition coefficient (Wildman–Crippen LogP) is 3.53. The van der Waals surface area contributed by atoms with Gasteiger partial charge in [-0.05, 0) is 55.7 Å². The van der Waals surface area contributed by atoms with Gasteiger partial charge >= 0.3 is 6.03 Å². The van der Waals surface area contributed by atoms with Crippen molar-refractivity contribution >= 4 is 6.03 Å². The summed E-state index contributed by atoms with van der Waals surface area (Å²) in [5.74, 6) is 0.804. The van der Waals surface area contributed by atoms with Gasteiger partial charge in [-0.2, -0.15) is 0 Å². The van der Waals surface area contributed by atoms with E-state index in [1.807, 2.05) is 29.4 Å². The quantitative estimate of drug-likeness (QED) is 0.778. The third-order valence-corrected chi connectivity index (χ3v) is 4.90. The SMILES string of the molecule is O=C(NCCCOCC1CC1)N1CCCCC[C@@H]1c1ccncc1. The zero-order valence-electron chi connectivity index (χ0n) is 14.5. The summed E-state index contributed by atoms with van der Waals surface area (Å²) in [7, 11) is 0. The molecule has 0 bridgehead atoms. The highest BCUT2D eigenvalue weighted by atomic mass is 16.5. The van der Waals surface area contributed by atoms with E-state index < -0.39 is 0 Å². The Bertz CT molecular complexity index is 505. The maximum Gasteiger partial charge on any atom is 0.317 e. The molecule has 3 rings (SSSR count). The van der Waals surface area contributed by atoms with Gasteiger partial charge in [-0.3, -0.25) is 4.98 Å². The van der Waals surface area contributed by atoms with E-state index in [1.54, 1.807) is 0 Å². The van der Waals surface area contributed by atoms with Gasteiger partial charge < -0.3 is 15.0 Å². The molecular weight excluding hydrogens is 302 g/mol. The summed E-state index contributed by atoms with van der Waals surface area (Å²) < 4.78 is 5.62. The summed E-state index contributed by atoms with van der Waals surface area (Å²) in [6.45, 7) is 3.15. The second kappa shape index (κ2) is 9.02. The molecule has 2 heterocycles. The number of hydrogen-bond acceptors (Lipinski definition) is 3. The van der Waals surface area contributed by atoms with Gasteiger partial charge in [0.2, 0.25) is 0 Å². The lowest BCUT2D eigenvalue weighted by Gasteiger charge is -2.30. The van der Waals surface area contributed by atoms with Crippen molar-refractivity contribution in [3.63, 3.8) is 0 Å². The van der Waals surface area contributed by atoms with Crippen LogP contribution in [-0.4, -0.2) is 42.2 Å². The molecule has 24 heavy (non-hydrogen) atoms. The van der Waals surface area contributed by atoms with Crippen molar-refractivity contribution in [1.29, 1.82) is 0 Å². The third kappa shape index (κ3) is 5.20. The number of amides is 2. The van der Waals surface area contributed by atoms with E-state index in [1.165, 1.54) is 31.2 Å². The van der Waals surface area contributed by atoms with Gasteiger partial charge in [0, 0.05) is 38.7 Å². The standard InChI is InChI=1S/C19H29N3O2/c23-19(21-10-4-14-24-15-16-6-7-16)22-13-3-1-2-5-18(22)17-8-11-20-12-9-17/h8-9,11-12,16,18H,1-7,10,13-15H2,(H,21,23)/t18-/m1/s1. The van der Waals surface area contributed by atoms with Crippen LogP contribution < -0.4 is 5.32 Å². The van der Waals surface area contributed by atoms with Crippen LogP contribution in [0.15, 0.2) is 24.5 Å². The number of nitrogens with zero attached hydrogens (tertiary/aromatic N) is 2. The lowest BCUT2D eigenvalue weighted by atomic mass is 10.0. The Kier molecular flexibility index (Phi) is 6.47. The highest BCUT2D eigenvalue weighted by Gasteiger charge is 2.26. The van der Waals surface area contributed by atoms with Crippen LogP contribution in [-0.2, 0) is 4.74 Å². The Balaban J connectivity index is 1.46. The van der Waals surface area contributed by atoms with E-state index >= 15 is 0 Å². The fourth-order valence-electron chi connectivity index (χ4n) is 3.29. The van der Waals surface area contributed by atoms with Crippen LogP contribution in [0.25, 0.3) is 0 Å². The molecular formula is C19H29N3O2. The summed E-state index contributed by atoms with van der Waals surface area (Å²) in [5.41, 5.74) is 1.19. The number of hydrogen-bond donors (Lipinski definition) is 1. The number of ether oxygens (including phenoxy) is 1. The number of pyridine rings is 1. The van der Waals surface area contributed by atoms with Crippen molar-refractivity contribution < 1.29 is 9.53 Å². The number of rotatable bonds is 7. The normalized spacial score (nSPS) is 21.3. The number of aromatic nitrogens is 1. The number of carbonyl (C=O) groups is 1. The Morgan fingerprint density at radius 3 is 2.83 bits per heavy atom. The lowest BCUT2D eigenvalue weighted by Crippen LogP contribution is -2.42. The van der Waals surface area contributed by atoms with Gasteiger partial charge in [0.25, 0.3) is 0 Å². The van der Waals surface area contributed by atoms with E-state index in [4.69, 9.17) is 4.74 Å². The van der Waals surface area contributed by atoms with Gasteiger partial charge in [-0.15, -0.1) is 0 Å². The molecule has 1 aliphatic carbocycles. The molecule has 0 aromatic carbocycles. The molecule has 1 N–H and O–H groups in total. The maximum absolute atomic E-state index is 12.6. The molecule has 5 nitrogen and oxygen atoms in total. The minimum absolute atomic E-state index is 0.0564. The van der Waals surface area contributed by atoms with Crippen molar-refractivity contribution in [3.05, 3.63) is 30.1 Å². The van der Waals surface area contributed by atoms with Gasteiger partial charge in [-0.25, -0.2) is 4.79 Å². The molecule has 0 radical (unpaired) electrons. The zero-order valence-corrected chi connectivity index (χ0v) is 14.5. The number of likely N-dealkylation sites (tertiary alicyclic amines) is 1. The first-order valence-electron chi connectivity index (χ1n) is 9.37. The average Bonchev–Trinajstić information content (AvgIpc) is 3.44. The van der Waals surface area contributed by atoms with E-state index in [0.717, 1.165) is 44.9 Å². The molecule has 0 unspecified atom stereocenters. The summed E-state index contributed by atoms with van der Waals surface area (Å²) in [4.78, 5) is 18.7. The molecule has 1 aliphatic heterocycles. The molecule has 1 aromatic rings. The lowest BCUT2D eigenvalue weighted by molar-refractivity contribution is 0.121. The molecule has 5 heteroatoms. The van der Waals surface area contributed by atoms with Crippen molar-refractivity contribution in [3.8, 4) is 0 Å². The predicted molar refractivity (Wildman–Crippen MR) is 93.7 cm³/mol. The molecule has 2 amide bonds. The molecule has 2 aliphatic rings. The number of urea groups is 1. The minimum atomic E-state index is 0.0564. The zero-order chi connectivity index (χ0) is 16.6. The Labute approximate surface area is 144 Å². The summed E-state index contributed by atoms with van der Waals surface area (Å²) in [5, 5.41) is 3.08. The van der Waals surface area contributed by atoms with Crippen molar-refractivity contribution in [2.75, 3.05) is 26.3 Å². The third-order valence-electron chi connectivity index (χ3n) is 4.90. The van der Waals surface area contributed by atoms with E-state index in [9.17, 15) is 4.79 Å².